The minimum Gasteiger partial charge on any atom is -0.333 e. The number of nitrogens with two attached hydrogens (primary N) is 1. The second-order valence-corrected chi connectivity index (χ2v) is 9.23. The molecule has 0 spiro atoms. The SMILES string of the molecule is CN.CNC1C=NC(C(Cc2ccccc2)(NC2CCCC2)c2cc(C(F)(F)F)ccc2F)=CCC1. The average Bonchev–Trinajstić information content (AvgIpc) is 3.26. The Labute approximate surface area is 211 Å². The first-order valence-corrected chi connectivity index (χ1v) is 12.5. The molecule has 1 aliphatic carbocycles. The van der Waals surface area contributed by atoms with Gasteiger partial charge >= 0.3 is 6.18 Å². The molecule has 0 amide bonds. The summed E-state index contributed by atoms with van der Waals surface area (Å²) in [7, 11) is 3.35. The van der Waals surface area contributed by atoms with Crippen molar-refractivity contribution in [2.45, 2.75) is 68.7 Å². The minimum atomic E-state index is -4.58. The van der Waals surface area contributed by atoms with Crippen molar-refractivity contribution in [1.82, 2.24) is 10.6 Å². The van der Waals surface area contributed by atoms with E-state index in [1.54, 1.807) is 6.21 Å². The van der Waals surface area contributed by atoms with Crippen LogP contribution in [-0.2, 0) is 18.1 Å². The second kappa shape index (κ2) is 12.6. The number of nitrogens with zero attached hydrogens (tertiary/aromatic N) is 1. The third kappa shape index (κ3) is 6.60. The molecular formula is C28H36F4N4. The molecule has 1 heterocycles. The molecule has 2 atom stereocenters. The van der Waals surface area contributed by atoms with E-state index in [0.29, 0.717) is 12.1 Å². The number of hydrogen-bond acceptors (Lipinski definition) is 4. The van der Waals surface area contributed by atoms with Crippen molar-refractivity contribution in [3.8, 4) is 0 Å². The van der Waals surface area contributed by atoms with E-state index in [9.17, 15) is 13.2 Å². The Morgan fingerprint density at radius 2 is 1.69 bits per heavy atom. The van der Waals surface area contributed by atoms with Gasteiger partial charge in [-0.1, -0.05) is 49.2 Å². The summed E-state index contributed by atoms with van der Waals surface area (Å²) >= 11 is 0. The summed E-state index contributed by atoms with van der Waals surface area (Å²) in [6, 6.07) is 12.3. The molecule has 4 N–H and O–H groups in total. The topological polar surface area (TPSA) is 62.4 Å². The Balaban J connectivity index is 0.00000176. The minimum absolute atomic E-state index is 0.00983. The summed E-state index contributed by atoms with van der Waals surface area (Å²) in [5, 5.41) is 6.83. The molecule has 0 bridgehead atoms. The molecule has 1 fully saturated rings. The fourth-order valence-corrected chi connectivity index (χ4v) is 5.08. The van der Waals surface area contributed by atoms with Crippen molar-refractivity contribution in [3.05, 3.63) is 82.8 Å². The molecule has 2 aromatic carbocycles. The molecule has 0 aromatic heterocycles. The summed E-state index contributed by atoms with van der Waals surface area (Å²) < 4.78 is 56.7. The summed E-state index contributed by atoms with van der Waals surface area (Å²) in [6.07, 6.45) is 4.81. The Morgan fingerprint density at radius 1 is 1.00 bits per heavy atom. The first-order chi connectivity index (χ1) is 17.3. The molecule has 196 valence electrons. The number of halogens is 4. The maximum Gasteiger partial charge on any atom is 0.416 e. The van der Waals surface area contributed by atoms with Crippen LogP contribution in [0.25, 0.3) is 0 Å². The van der Waals surface area contributed by atoms with Crippen molar-refractivity contribution in [1.29, 1.82) is 0 Å². The highest BCUT2D eigenvalue weighted by Crippen LogP contribution is 2.41. The van der Waals surface area contributed by atoms with Gasteiger partial charge in [-0.3, -0.25) is 10.3 Å². The molecule has 4 rings (SSSR count). The monoisotopic (exact) mass is 504 g/mol. The van der Waals surface area contributed by atoms with E-state index in [0.717, 1.165) is 55.9 Å². The molecule has 2 aromatic rings. The van der Waals surface area contributed by atoms with Crippen LogP contribution < -0.4 is 16.4 Å². The molecule has 1 aliphatic heterocycles. The largest absolute Gasteiger partial charge is 0.416 e. The van der Waals surface area contributed by atoms with Crippen molar-refractivity contribution in [3.63, 3.8) is 0 Å². The molecule has 2 unspecified atom stereocenters. The van der Waals surface area contributed by atoms with E-state index in [-0.39, 0.29) is 24.1 Å². The predicted molar refractivity (Wildman–Crippen MR) is 137 cm³/mol. The fraction of sp³-hybridized carbons (Fsp3) is 0.464. The number of alkyl halides is 3. The Hall–Kier alpha value is -2.55. The third-order valence-corrected chi connectivity index (χ3v) is 6.89. The highest BCUT2D eigenvalue weighted by Gasteiger charge is 2.43. The van der Waals surface area contributed by atoms with Gasteiger partial charge in [0, 0.05) is 30.3 Å². The van der Waals surface area contributed by atoms with Crippen LogP contribution >= 0.6 is 0 Å². The fourth-order valence-electron chi connectivity index (χ4n) is 5.08. The van der Waals surface area contributed by atoms with E-state index < -0.39 is 23.1 Å². The van der Waals surface area contributed by atoms with Crippen LogP contribution in [0.2, 0.25) is 0 Å². The molecule has 0 radical (unpaired) electrons. The van der Waals surface area contributed by atoms with Gasteiger partial charge in [-0.25, -0.2) is 4.39 Å². The van der Waals surface area contributed by atoms with Crippen molar-refractivity contribution in [2.75, 3.05) is 14.1 Å². The van der Waals surface area contributed by atoms with Crippen LogP contribution in [0, 0.1) is 5.82 Å². The summed E-state index contributed by atoms with van der Waals surface area (Å²) in [5.41, 5.74) is 3.86. The Morgan fingerprint density at radius 3 is 2.33 bits per heavy atom. The van der Waals surface area contributed by atoms with Crippen LogP contribution in [0.15, 0.2) is 65.3 Å². The number of hydrogen-bond donors (Lipinski definition) is 3. The molecule has 4 nitrogen and oxygen atoms in total. The molecule has 2 aliphatic rings. The standard InChI is InChI=1S/C27H31F4N3.CH5N/c1-32-22-12-7-13-25(33-18-22)26(34-21-10-5-6-11-21,17-19-8-3-2-4-9-19)23-16-20(27(29,30)31)14-15-24(23)28;1-2/h2-4,8-9,13-16,18,21-22,32,34H,5-7,10-12,17H2,1H3;2H2,1H3. The van der Waals surface area contributed by atoms with Gasteiger partial charge in [0.15, 0.2) is 0 Å². The van der Waals surface area contributed by atoms with Gasteiger partial charge in [-0.05, 0) is 63.5 Å². The van der Waals surface area contributed by atoms with E-state index in [1.807, 2.05) is 43.5 Å². The van der Waals surface area contributed by atoms with Gasteiger partial charge < -0.3 is 11.1 Å². The molecular weight excluding hydrogens is 468 g/mol. The highest BCUT2D eigenvalue weighted by atomic mass is 19.4. The van der Waals surface area contributed by atoms with Crippen molar-refractivity contribution >= 4 is 6.21 Å². The quantitative estimate of drug-likeness (QED) is 0.422. The van der Waals surface area contributed by atoms with Crippen LogP contribution in [0.5, 0.6) is 0 Å². The zero-order valence-corrected chi connectivity index (χ0v) is 20.9. The van der Waals surface area contributed by atoms with Gasteiger partial charge in [-0.15, -0.1) is 0 Å². The third-order valence-electron chi connectivity index (χ3n) is 6.89. The zero-order chi connectivity index (χ0) is 26.2. The summed E-state index contributed by atoms with van der Waals surface area (Å²) in [5.74, 6) is -0.667. The average molecular weight is 505 g/mol. The first-order valence-electron chi connectivity index (χ1n) is 12.5. The normalized spacial score (nSPS) is 20.2. The lowest BCUT2D eigenvalue weighted by Crippen LogP contribution is -2.50. The maximum absolute atomic E-state index is 15.5. The van der Waals surface area contributed by atoms with Crippen LogP contribution in [0.1, 0.15) is 55.2 Å². The summed E-state index contributed by atoms with van der Waals surface area (Å²) in [6.45, 7) is 0. The van der Waals surface area contributed by atoms with E-state index in [2.05, 4.69) is 16.4 Å². The molecule has 8 heteroatoms. The smallest absolute Gasteiger partial charge is 0.333 e. The lowest BCUT2D eigenvalue weighted by molar-refractivity contribution is -0.137. The van der Waals surface area contributed by atoms with Gasteiger partial charge in [0.25, 0.3) is 0 Å². The number of rotatable bonds is 7. The lowest BCUT2D eigenvalue weighted by Gasteiger charge is -2.39. The van der Waals surface area contributed by atoms with Gasteiger partial charge in [0.05, 0.1) is 16.8 Å². The Kier molecular flexibility index (Phi) is 9.82. The van der Waals surface area contributed by atoms with Gasteiger partial charge in [0.2, 0.25) is 0 Å². The van der Waals surface area contributed by atoms with Gasteiger partial charge in [-0.2, -0.15) is 13.2 Å². The molecule has 0 saturated heterocycles. The lowest BCUT2D eigenvalue weighted by atomic mass is 9.78. The molecule has 36 heavy (non-hydrogen) atoms. The molecule has 1 saturated carbocycles. The van der Waals surface area contributed by atoms with E-state index in [4.69, 9.17) is 4.99 Å². The number of benzene rings is 2. The Bertz CT molecular complexity index is 1030. The highest BCUT2D eigenvalue weighted by molar-refractivity contribution is 5.67. The van der Waals surface area contributed by atoms with Gasteiger partial charge in [0.1, 0.15) is 5.82 Å². The number of allylic oxidation sites excluding steroid dienone is 1. The van der Waals surface area contributed by atoms with Crippen molar-refractivity contribution < 1.29 is 17.6 Å². The second-order valence-electron chi connectivity index (χ2n) is 9.23. The zero-order valence-electron chi connectivity index (χ0n) is 20.9. The number of aliphatic imine (C=N–C) groups is 1. The maximum atomic E-state index is 15.5. The van der Waals surface area contributed by atoms with Crippen LogP contribution in [0.3, 0.4) is 0 Å². The van der Waals surface area contributed by atoms with E-state index in [1.165, 1.54) is 7.05 Å². The first kappa shape index (κ1) is 28.0. The predicted octanol–water partition coefficient (Wildman–Crippen LogP) is 5.73. The number of nitrogens with one attached hydrogen (secondary N) is 2. The van der Waals surface area contributed by atoms with E-state index >= 15 is 4.39 Å². The van der Waals surface area contributed by atoms with Crippen molar-refractivity contribution in [2.24, 2.45) is 10.7 Å². The summed E-state index contributed by atoms with van der Waals surface area (Å²) in [4.78, 5) is 4.76. The van der Waals surface area contributed by atoms with Crippen LogP contribution in [0.4, 0.5) is 17.6 Å². The van der Waals surface area contributed by atoms with Crippen LogP contribution in [-0.4, -0.2) is 32.4 Å².